The molecule has 2 aromatic heterocycles. The van der Waals surface area contributed by atoms with Crippen LogP contribution in [0.5, 0.6) is 0 Å². The number of piperidine rings is 1. The fourth-order valence-electron chi connectivity index (χ4n) is 4.13. The predicted molar refractivity (Wildman–Crippen MR) is 122 cm³/mol. The van der Waals surface area contributed by atoms with Gasteiger partial charge in [-0.3, -0.25) is 14.6 Å². The van der Waals surface area contributed by atoms with Crippen molar-refractivity contribution in [2.45, 2.75) is 25.3 Å². The van der Waals surface area contributed by atoms with E-state index in [1.165, 1.54) is 0 Å². The maximum Gasteiger partial charge on any atom is 0.261 e. The molecule has 1 aromatic carbocycles. The van der Waals surface area contributed by atoms with Crippen LogP contribution in [0.25, 0.3) is 11.3 Å². The number of aromatic nitrogens is 2. The second-order valence-electron chi connectivity index (χ2n) is 8.04. The molecule has 160 valence electrons. The predicted octanol–water partition coefficient (Wildman–Crippen LogP) is 3.22. The third-order valence-corrected chi connectivity index (χ3v) is 6.06. The van der Waals surface area contributed by atoms with E-state index in [1.807, 2.05) is 48.7 Å². The SMILES string of the molecule is CN(C(=O)c1ccc(-c2ccccc2)[nH]c1=O)C1CCN(CCc2ccccn2)CC1. The second kappa shape index (κ2) is 9.71. The van der Waals surface area contributed by atoms with Crippen LogP contribution >= 0.6 is 0 Å². The summed E-state index contributed by atoms with van der Waals surface area (Å²) in [6.07, 6.45) is 4.58. The lowest BCUT2D eigenvalue weighted by Gasteiger charge is -2.36. The number of H-pyrrole nitrogens is 1. The van der Waals surface area contributed by atoms with E-state index in [1.54, 1.807) is 24.1 Å². The average Bonchev–Trinajstić information content (AvgIpc) is 2.83. The molecule has 6 heteroatoms. The highest BCUT2D eigenvalue weighted by Gasteiger charge is 2.27. The van der Waals surface area contributed by atoms with Gasteiger partial charge in [0.2, 0.25) is 0 Å². The number of pyridine rings is 2. The van der Waals surface area contributed by atoms with E-state index in [4.69, 9.17) is 0 Å². The molecule has 3 aromatic rings. The normalized spacial score (nSPS) is 15.0. The van der Waals surface area contributed by atoms with Crippen molar-refractivity contribution in [1.29, 1.82) is 0 Å². The number of carbonyl (C=O) groups excluding carboxylic acids is 1. The number of likely N-dealkylation sites (tertiary alicyclic amines) is 1. The highest BCUT2D eigenvalue weighted by molar-refractivity contribution is 5.94. The first kappa shape index (κ1) is 21.0. The van der Waals surface area contributed by atoms with Crippen LogP contribution in [0.4, 0.5) is 0 Å². The van der Waals surface area contributed by atoms with Crippen LogP contribution in [-0.4, -0.2) is 58.4 Å². The Morgan fingerprint density at radius 3 is 2.48 bits per heavy atom. The van der Waals surface area contributed by atoms with Gasteiger partial charge in [-0.05, 0) is 42.7 Å². The lowest BCUT2D eigenvalue weighted by Crippen LogP contribution is -2.46. The summed E-state index contributed by atoms with van der Waals surface area (Å²) >= 11 is 0. The first-order valence-corrected chi connectivity index (χ1v) is 10.8. The van der Waals surface area contributed by atoms with E-state index >= 15 is 0 Å². The van der Waals surface area contributed by atoms with Gasteiger partial charge in [-0.1, -0.05) is 36.4 Å². The van der Waals surface area contributed by atoms with Crippen molar-refractivity contribution >= 4 is 5.91 Å². The van der Waals surface area contributed by atoms with Crippen LogP contribution in [0.2, 0.25) is 0 Å². The number of rotatable bonds is 6. The van der Waals surface area contributed by atoms with Gasteiger partial charge in [0.1, 0.15) is 5.56 Å². The fraction of sp³-hybridized carbons (Fsp3) is 0.320. The summed E-state index contributed by atoms with van der Waals surface area (Å²) in [6, 6.07) is 19.2. The minimum atomic E-state index is -0.342. The number of nitrogens with one attached hydrogen (secondary N) is 1. The van der Waals surface area contributed by atoms with E-state index in [2.05, 4.69) is 20.9 Å². The molecule has 0 atom stereocenters. The lowest BCUT2D eigenvalue weighted by molar-refractivity contribution is 0.0641. The van der Waals surface area contributed by atoms with Crippen molar-refractivity contribution in [3.63, 3.8) is 0 Å². The van der Waals surface area contributed by atoms with Gasteiger partial charge in [0.25, 0.3) is 11.5 Å². The summed E-state index contributed by atoms with van der Waals surface area (Å²) in [5.74, 6) is -0.215. The quantitative estimate of drug-likeness (QED) is 0.670. The molecule has 3 heterocycles. The zero-order chi connectivity index (χ0) is 21.6. The first-order valence-electron chi connectivity index (χ1n) is 10.8. The molecule has 0 aliphatic carbocycles. The molecule has 0 radical (unpaired) electrons. The van der Waals surface area contributed by atoms with E-state index < -0.39 is 0 Å². The number of benzene rings is 1. The molecule has 1 amide bonds. The summed E-state index contributed by atoms with van der Waals surface area (Å²) in [7, 11) is 1.81. The van der Waals surface area contributed by atoms with Crippen molar-refractivity contribution in [2.24, 2.45) is 0 Å². The molecule has 31 heavy (non-hydrogen) atoms. The lowest BCUT2D eigenvalue weighted by atomic mass is 10.0. The van der Waals surface area contributed by atoms with Gasteiger partial charge in [0.05, 0.1) is 0 Å². The molecular weight excluding hydrogens is 388 g/mol. The molecule has 1 saturated heterocycles. The number of nitrogens with zero attached hydrogens (tertiary/aromatic N) is 3. The Labute approximate surface area is 182 Å². The summed E-state index contributed by atoms with van der Waals surface area (Å²) in [5, 5.41) is 0. The largest absolute Gasteiger partial charge is 0.338 e. The highest BCUT2D eigenvalue weighted by Crippen LogP contribution is 2.19. The molecule has 1 fully saturated rings. The summed E-state index contributed by atoms with van der Waals surface area (Å²) < 4.78 is 0. The van der Waals surface area contributed by atoms with Crippen LogP contribution in [-0.2, 0) is 6.42 Å². The highest BCUT2D eigenvalue weighted by atomic mass is 16.2. The van der Waals surface area contributed by atoms with Crippen molar-refractivity contribution < 1.29 is 4.79 Å². The third kappa shape index (κ3) is 5.09. The second-order valence-corrected chi connectivity index (χ2v) is 8.04. The van der Waals surface area contributed by atoms with E-state index in [-0.39, 0.29) is 23.1 Å². The van der Waals surface area contributed by atoms with Crippen LogP contribution < -0.4 is 5.56 Å². The van der Waals surface area contributed by atoms with Gasteiger partial charge in [-0.15, -0.1) is 0 Å². The molecule has 0 unspecified atom stereocenters. The Kier molecular flexibility index (Phi) is 6.57. The van der Waals surface area contributed by atoms with Crippen LogP contribution in [0.15, 0.2) is 71.7 Å². The number of hydrogen-bond donors (Lipinski definition) is 1. The molecule has 4 rings (SSSR count). The summed E-state index contributed by atoms with van der Waals surface area (Å²) in [4.78, 5) is 37.0. The van der Waals surface area contributed by atoms with Crippen LogP contribution in [0.3, 0.4) is 0 Å². The van der Waals surface area contributed by atoms with Gasteiger partial charge in [0.15, 0.2) is 0 Å². The van der Waals surface area contributed by atoms with Crippen molar-refractivity contribution in [1.82, 2.24) is 19.8 Å². The molecule has 1 aliphatic rings. The number of hydrogen-bond acceptors (Lipinski definition) is 4. The van der Waals surface area contributed by atoms with Crippen molar-refractivity contribution in [3.05, 3.63) is 88.5 Å². The summed E-state index contributed by atoms with van der Waals surface area (Å²) in [5.41, 5.74) is 2.59. The minimum Gasteiger partial charge on any atom is -0.338 e. The monoisotopic (exact) mass is 416 g/mol. The maximum absolute atomic E-state index is 13.0. The van der Waals surface area contributed by atoms with Crippen LogP contribution in [0.1, 0.15) is 28.9 Å². The molecule has 0 spiro atoms. The third-order valence-electron chi connectivity index (χ3n) is 6.06. The number of aromatic amines is 1. The standard InChI is InChI=1S/C25H28N4O2/c1-28(21-13-17-29(18-14-21)16-12-20-9-5-6-15-26-20)25(31)22-10-11-23(27-24(22)30)19-7-3-2-4-8-19/h2-11,15,21H,12-14,16-18H2,1H3,(H,27,30). The van der Waals surface area contributed by atoms with E-state index in [0.29, 0.717) is 5.69 Å². The molecule has 0 bridgehead atoms. The van der Waals surface area contributed by atoms with Gasteiger partial charge < -0.3 is 14.8 Å². The first-order chi connectivity index (χ1) is 15.1. The number of carbonyl (C=O) groups is 1. The van der Waals surface area contributed by atoms with Gasteiger partial charge >= 0.3 is 0 Å². The van der Waals surface area contributed by atoms with E-state index in [0.717, 1.165) is 50.2 Å². The Bertz CT molecular complexity index is 1060. The van der Waals surface area contributed by atoms with Crippen LogP contribution in [0, 0.1) is 0 Å². The topological polar surface area (TPSA) is 69.3 Å². The average molecular weight is 417 g/mol. The fourth-order valence-corrected chi connectivity index (χ4v) is 4.13. The Balaban J connectivity index is 1.34. The van der Waals surface area contributed by atoms with Gasteiger partial charge in [-0.25, -0.2) is 0 Å². The van der Waals surface area contributed by atoms with Crippen molar-refractivity contribution in [3.8, 4) is 11.3 Å². The smallest absolute Gasteiger partial charge is 0.261 e. The molecule has 6 nitrogen and oxygen atoms in total. The molecular formula is C25H28N4O2. The molecule has 1 aliphatic heterocycles. The van der Waals surface area contributed by atoms with E-state index in [9.17, 15) is 9.59 Å². The Morgan fingerprint density at radius 1 is 1.06 bits per heavy atom. The van der Waals surface area contributed by atoms with Crippen molar-refractivity contribution in [2.75, 3.05) is 26.7 Å². The molecule has 1 N–H and O–H groups in total. The summed E-state index contributed by atoms with van der Waals surface area (Å²) in [6.45, 7) is 2.86. The molecule has 0 saturated carbocycles. The van der Waals surface area contributed by atoms with Gasteiger partial charge in [0, 0.05) is 56.7 Å². The number of amides is 1. The zero-order valence-corrected chi connectivity index (χ0v) is 17.8. The zero-order valence-electron chi connectivity index (χ0n) is 17.8. The Morgan fingerprint density at radius 2 is 1.81 bits per heavy atom. The van der Waals surface area contributed by atoms with Gasteiger partial charge in [-0.2, -0.15) is 0 Å². The Hall–Kier alpha value is -3.25. The minimum absolute atomic E-state index is 0.145. The maximum atomic E-state index is 13.0.